The van der Waals surface area contributed by atoms with Gasteiger partial charge in [-0.1, -0.05) is 12.1 Å². The first kappa shape index (κ1) is 14.1. The van der Waals surface area contributed by atoms with E-state index in [4.69, 9.17) is 5.11 Å². The van der Waals surface area contributed by atoms with Crippen LogP contribution in [0, 0.1) is 0 Å². The van der Waals surface area contributed by atoms with E-state index >= 15 is 0 Å². The van der Waals surface area contributed by atoms with Crippen molar-refractivity contribution in [2.24, 2.45) is 0 Å². The van der Waals surface area contributed by atoms with E-state index in [2.05, 4.69) is 9.71 Å². The third-order valence-electron chi connectivity index (χ3n) is 2.57. The molecule has 5 nitrogen and oxygen atoms in total. The van der Waals surface area contributed by atoms with Gasteiger partial charge < -0.3 is 5.11 Å². The van der Waals surface area contributed by atoms with E-state index in [1.54, 1.807) is 17.6 Å². The van der Waals surface area contributed by atoms with Gasteiger partial charge in [0, 0.05) is 18.3 Å². The number of thiazole rings is 1. The highest BCUT2D eigenvalue weighted by Gasteiger charge is 2.13. The first-order chi connectivity index (χ1) is 9.12. The van der Waals surface area contributed by atoms with Crippen molar-refractivity contribution in [2.45, 2.75) is 17.9 Å². The zero-order valence-corrected chi connectivity index (χ0v) is 11.7. The first-order valence-electron chi connectivity index (χ1n) is 5.68. The summed E-state index contributed by atoms with van der Waals surface area (Å²) < 4.78 is 26.5. The summed E-state index contributed by atoms with van der Waals surface area (Å²) in [5.74, 6) is 0. The van der Waals surface area contributed by atoms with Crippen molar-refractivity contribution in [3.8, 4) is 0 Å². The molecule has 0 saturated carbocycles. The molecular weight excluding hydrogens is 284 g/mol. The highest BCUT2D eigenvalue weighted by Crippen LogP contribution is 2.10. The normalized spacial score (nSPS) is 11.6. The number of hydrogen-bond donors (Lipinski definition) is 2. The van der Waals surface area contributed by atoms with Gasteiger partial charge in [0.1, 0.15) is 0 Å². The minimum Gasteiger partial charge on any atom is -0.392 e. The minimum atomic E-state index is -3.49. The predicted octanol–water partition coefficient (Wildman–Crippen LogP) is 1.16. The van der Waals surface area contributed by atoms with Gasteiger partial charge in [-0.05, 0) is 17.7 Å². The number of aliphatic hydroxyl groups is 1. The molecule has 0 radical (unpaired) electrons. The summed E-state index contributed by atoms with van der Waals surface area (Å²) in [5.41, 5.74) is 3.28. The standard InChI is InChI=1S/C12H14N2O3S2/c15-7-10-1-3-12(4-2-10)19(16,17)14-6-5-11-8-18-9-13-11/h1-4,8-9,14-15H,5-7H2. The van der Waals surface area contributed by atoms with Gasteiger partial charge in [-0.25, -0.2) is 18.1 Å². The first-order valence-corrected chi connectivity index (χ1v) is 8.11. The van der Waals surface area contributed by atoms with E-state index in [0.29, 0.717) is 18.5 Å². The molecular formula is C12H14N2O3S2. The lowest BCUT2D eigenvalue weighted by Gasteiger charge is -2.06. The number of aromatic nitrogens is 1. The number of benzene rings is 1. The van der Waals surface area contributed by atoms with Crippen LogP contribution in [0.2, 0.25) is 0 Å². The maximum Gasteiger partial charge on any atom is 0.240 e. The Kier molecular flexibility index (Phi) is 4.65. The lowest BCUT2D eigenvalue weighted by molar-refractivity contribution is 0.282. The van der Waals surface area contributed by atoms with Gasteiger partial charge in [0.15, 0.2) is 0 Å². The van der Waals surface area contributed by atoms with Gasteiger partial charge in [0.2, 0.25) is 10.0 Å². The molecule has 2 N–H and O–H groups in total. The summed E-state index contributed by atoms with van der Waals surface area (Å²) in [6.07, 6.45) is 0.567. The summed E-state index contributed by atoms with van der Waals surface area (Å²) in [5, 5.41) is 10.8. The quantitative estimate of drug-likeness (QED) is 0.838. The zero-order chi connectivity index (χ0) is 13.7. The smallest absolute Gasteiger partial charge is 0.240 e. The summed E-state index contributed by atoms with van der Waals surface area (Å²) in [6.45, 7) is 0.214. The SMILES string of the molecule is O=S(=O)(NCCc1cscn1)c1ccc(CO)cc1. The Morgan fingerprint density at radius 3 is 2.58 bits per heavy atom. The Balaban J connectivity index is 1.97. The van der Waals surface area contributed by atoms with E-state index in [-0.39, 0.29) is 11.5 Å². The number of hydrogen-bond acceptors (Lipinski definition) is 5. The van der Waals surface area contributed by atoms with Gasteiger partial charge in [0.25, 0.3) is 0 Å². The fourth-order valence-corrected chi connectivity index (χ4v) is 3.16. The molecule has 7 heteroatoms. The van der Waals surface area contributed by atoms with Crippen molar-refractivity contribution in [2.75, 3.05) is 6.54 Å². The fourth-order valence-electron chi connectivity index (χ4n) is 1.53. The topological polar surface area (TPSA) is 79.3 Å². The Hall–Kier alpha value is -1.28. The van der Waals surface area contributed by atoms with Crippen molar-refractivity contribution < 1.29 is 13.5 Å². The average molecular weight is 298 g/mol. The molecule has 102 valence electrons. The number of nitrogens with zero attached hydrogens (tertiary/aromatic N) is 1. The molecule has 1 heterocycles. The van der Waals surface area contributed by atoms with Gasteiger partial charge in [0.05, 0.1) is 22.7 Å². The molecule has 0 unspecified atom stereocenters. The Bertz CT molecular complexity index is 607. The molecule has 0 aliphatic rings. The molecule has 0 amide bonds. The predicted molar refractivity (Wildman–Crippen MR) is 73.4 cm³/mol. The molecule has 1 aromatic heterocycles. The summed E-state index contributed by atoms with van der Waals surface area (Å²) >= 11 is 1.49. The van der Waals surface area contributed by atoms with Crippen LogP contribution in [0.15, 0.2) is 40.1 Å². The van der Waals surface area contributed by atoms with Gasteiger partial charge in [-0.15, -0.1) is 11.3 Å². The van der Waals surface area contributed by atoms with Crippen LogP contribution < -0.4 is 4.72 Å². The highest BCUT2D eigenvalue weighted by atomic mass is 32.2. The zero-order valence-electron chi connectivity index (χ0n) is 10.1. The van der Waals surface area contributed by atoms with Crippen molar-refractivity contribution in [3.63, 3.8) is 0 Å². The van der Waals surface area contributed by atoms with E-state index in [0.717, 1.165) is 5.69 Å². The third kappa shape index (κ3) is 3.84. The Morgan fingerprint density at radius 2 is 2.00 bits per heavy atom. The number of nitrogens with one attached hydrogen (secondary N) is 1. The number of rotatable bonds is 6. The van der Waals surface area contributed by atoms with Crippen LogP contribution in [0.5, 0.6) is 0 Å². The van der Waals surface area contributed by atoms with Gasteiger partial charge in [-0.2, -0.15) is 0 Å². The number of aliphatic hydroxyl groups excluding tert-OH is 1. The van der Waals surface area contributed by atoms with Crippen molar-refractivity contribution >= 4 is 21.4 Å². The van der Waals surface area contributed by atoms with E-state index < -0.39 is 10.0 Å². The van der Waals surface area contributed by atoms with Crippen LogP contribution in [-0.4, -0.2) is 25.1 Å². The van der Waals surface area contributed by atoms with Crippen molar-refractivity contribution in [1.82, 2.24) is 9.71 Å². The van der Waals surface area contributed by atoms with Crippen LogP contribution >= 0.6 is 11.3 Å². The largest absolute Gasteiger partial charge is 0.392 e. The van der Waals surface area contributed by atoms with E-state index in [1.165, 1.54) is 23.5 Å². The van der Waals surface area contributed by atoms with Gasteiger partial charge in [-0.3, -0.25) is 0 Å². The maximum absolute atomic E-state index is 12.0. The molecule has 0 spiro atoms. The lowest BCUT2D eigenvalue weighted by Crippen LogP contribution is -2.26. The minimum absolute atomic E-state index is 0.0996. The lowest BCUT2D eigenvalue weighted by atomic mass is 10.2. The monoisotopic (exact) mass is 298 g/mol. The van der Waals surface area contributed by atoms with Crippen LogP contribution in [-0.2, 0) is 23.1 Å². The second kappa shape index (κ2) is 6.25. The van der Waals surface area contributed by atoms with Crippen LogP contribution in [0.25, 0.3) is 0 Å². The molecule has 0 bridgehead atoms. The average Bonchev–Trinajstić information content (AvgIpc) is 2.92. The molecule has 0 aliphatic heterocycles. The number of sulfonamides is 1. The van der Waals surface area contributed by atoms with Crippen molar-refractivity contribution in [3.05, 3.63) is 46.4 Å². The summed E-state index contributed by atoms with van der Waals surface area (Å²) in [4.78, 5) is 4.28. The fraction of sp³-hybridized carbons (Fsp3) is 0.250. The molecule has 0 fully saturated rings. The van der Waals surface area contributed by atoms with Crippen LogP contribution in [0.3, 0.4) is 0 Å². The maximum atomic E-state index is 12.0. The Morgan fingerprint density at radius 1 is 1.26 bits per heavy atom. The molecule has 0 saturated heterocycles. The third-order valence-corrected chi connectivity index (χ3v) is 4.69. The molecule has 1 aromatic carbocycles. The second-order valence-electron chi connectivity index (χ2n) is 3.93. The van der Waals surface area contributed by atoms with E-state index in [9.17, 15) is 8.42 Å². The van der Waals surface area contributed by atoms with Crippen molar-refractivity contribution in [1.29, 1.82) is 0 Å². The summed E-state index contributed by atoms with van der Waals surface area (Å²) in [7, 11) is -3.49. The van der Waals surface area contributed by atoms with Crippen LogP contribution in [0.4, 0.5) is 0 Å². The Labute approximate surface area is 116 Å². The molecule has 0 aliphatic carbocycles. The second-order valence-corrected chi connectivity index (χ2v) is 6.42. The van der Waals surface area contributed by atoms with E-state index in [1.807, 2.05) is 5.38 Å². The molecule has 2 aromatic rings. The molecule has 2 rings (SSSR count). The van der Waals surface area contributed by atoms with Crippen LogP contribution in [0.1, 0.15) is 11.3 Å². The highest BCUT2D eigenvalue weighted by molar-refractivity contribution is 7.89. The van der Waals surface area contributed by atoms with Gasteiger partial charge >= 0.3 is 0 Å². The summed E-state index contributed by atoms with van der Waals surface area (Å²) in [6, 6.07) is 6.15. The molecule has 0 atom stereocenters. The molecule has 19 heavy (non-hydrogen) atoms.